The standard InChI is InChI=1S/C34H66O4/c1-29(2)23-17-13-9-5-7-11-15-19-25-31(33(35)36)27-21-22-28-32(34(37)38)26-20-16-12-8-6-10-14-18-24-30(3)4/h29-32H,5-28H2,1-4H3,(H,35,36)(H,37,38). The first-order chi connectivity index (χ1) is 18.2. The Labute approximate surface area is 237 Å². The number of unbranched alkanes of at least 4 members (excludes halogenated alkanes) is 15. The average molecular weight is 539 g/mol. The molecule has 0 radical (unpaired) electrons. The van der Waals surface area contributed by atoms with E-state index in [1.54, 1.807) is 0 Å². The van der Waals surface area contributed by atoms with E-state index in [1.165, 1.54) is 89.9 Å². The zero-order chi connectivity index (χ0) is 28.4. The Kier molecular flexibility index (Phi) is 25.4. The van der Waals surface area contributed by atoms with Crippen LogP contribution in [0.4, 0.5) is 0 Å². The number of rotatable bonds is 29. The van der Waals surface area contributed by atoms with E-state index in [0.29, 0.717) is 12.8 Å². The van der Waals surface area contributed by atoms with Gasteiger partial charge in [0.25, 0.3) is 0 Å². The summed E-state index contributed by atoms with van der Waals surface area (Å²) in [5.74, 6) is -0.252. The van der Waals surface area contributed by atoms with E-state index in [0.717, 1.165) is 63.2 Å². The Morgan fingerprint density at radius 1 is 0.368 bits per heavy atom. The van der Waals surface area contributed by atoms with Gasteiger partial charge >= 0.3 is 11.9 Å². The summed E-state index contributed by atoms with van der Waals surface area (Å²) >= 11 is 0. The van der Waals surface area contributed by atoms with Gasteiger partial charge in [0.15, 0.2) is 0 Å². The molecule has 0 saturated heterocycles. The van der Waals surface area contributed by atoms with Crippen molar-refractivity contribution in [3.63, 3.8) is 0 Å². The Morgan fingerprint density at radius 3 is 0.763 bits per heavy atom. The molecule has 0 rings (SSSR count). The normalized spacial score (nSPS) is 13.3. The third-order valence-corrected chi connectivity index (χ3v) is 8.22. The molecule has 0 saturated carbocycles. The van der Waals surface area contributed by atoms with Gasteiger partial charge in [0.1, 0.15) is 0 Å². The minimum atomic E-state index is -0.676. The second-order valence-electron chi connectivity index (χ2n) is 13.0. The molecule has 0 fully saturated rings. The van der Waals surface area contributed by atoms with Crippen LogP contribution in [0.3, 0.4) is 0 Å². The number of carboxylic acid groups (broad SMARTS) is 2. The highest BCUT2D eigenvalue weighted by Gasteiger charge is 2.19. The van der Waals surface area contributed by atoms with Crippen LogP contribution in [0.15, 0.2) is 0 Å². The highest BCUT2D eigenvalue weighted by atomic mass is 16.4. The van der Waals surface area contributed by atoms with Gasteiger partial charge in [-0.3, -0.25) is 9.59 Å². The number of carbonyl (C=O) groups is 2. The third kappa shape index (κ3) is 25.2. The van der Waals surface area contributed by atoms with Crippen molar-refractivity contribution in [2.24, 2.45) is 23.7 Å². The maximum absolute atomic E-state index is 11.7. The van der Waals surface area contributed by atoms with Gasteiger partial charge in [-0.15, -0.1) is 0 Å². The highest BCUT2D eigenvalue weighted by molar-refractivity contribution is 5.70. The molecule has 2 N–H and O–H groups in total. The van der Waals surface area contributed by atoms with Gasteiger partial charge in [-0.2, -0.15) is 0 Å². The molecule has 2 atom stereocenters. The van der Waals surface area contributed by atoms with Crippen molar-refractivity contribution in [3.05, 3.63) is 0 Å². The van der Waals surface area contributed by atoms with Gasteiger partial charge in [0.2, 0.25) is 0 Å². The molecule has 0 aromatic carbocycles. The molecule has 38 heavy (non-hydrogen) atoms. The van der Waals surface area contributed by atoms with Crippen LogP contribution in [0.2, 0.25) is 0 Å². The third-order valence-electron chi connectivity index (χ3n) is 8.22. The topological polar surface area (TPSA) is 74.6 Å². The summed E-state index contributed by atoms with van der Waals surface area (Å²) in [7, 11) is 0. The van der Waals surface area contributed by atoms with Crippen molar-refractivity contribution in [2.75, 3.05) is 0 Å². The molecule has 0 aromatic rings. The maximum Gasteiger partial charge on any atom is 0.306 e. The van der Waals surface area contributed by atoms with Crippen LogP contribution in [-0.4, -0.2) is 22.2 Å². The molecule has 0 aliphatic heterocycles. The predicted molar refractivity (Wildman–Crippen MR) is 163 cm³/mol. The number of carboxylic acids is 2. The van der Waals surface area contributed by atoms with Gasteiger partial charge in [-0.25, -0.2) is 0 Å². The molecule has 4 heteroatoms. The van der Waals surface area contributed by atoms with Crippen LogP contribution in [-0.2, 0) is 9.59 Å². The van der Waals surface area contributed by atoms with E-state index in [-0.39, 0.29) is 11.8 Å². The average Bonchev–Trinajstić information content (AvgIpc) is 2.85. The molecule has 0 spiro atoms. The molecule has 0 aliphatic rings. The Morgan fingerprint density at radius 2 is 0.553 bits per heavy atom. The van der Waals surface area contributed by atoms with E-state index in [2.05, 4.69) is 27.7 Å². The second-order valence-corrected chi connectivity index (χ2v) is 13.0. The number of aliphatic carboxylic acids is 2. The fourth-order valence-corrected chi connectivity index (χ4v) is 5.57. The Hall–Kier alpha value is -1.06. The molecule has 0 aliphatic carbocycles. The lowest BCUT2D eigenvalue weighted by atomic mass is 9.91. The molecule has 4 nitrogen and oxygen atoms in total. The lowest BCUT2D eigenvalue weighted by molar-refractivity contribution is -0.143. The van der Waals surface area contributed by atoms with E-state index >= 15 is 0 Å². The molecule has 226 valence electrons. The maximum atomic E-state index is 11.7. The molecule has 0 bridgehead atoms. The molecule has 0 amide bonds. The first-order valence-electron chi connectivity index (χ1n) is 16.7. The molecule has 2 unspecified atom stereocenters. The van der Waals surface area contributed by atoms with Crippen molar-refractivity contribution in [2.45, 2.75) is 182 Å². The zero-order valence-electron chi connectivity index (χ0n) is 26.0. The van der Waals surface area contributed by atoms with Gasteiger partial charge in [-0.05, 0) is 37.5 Å². The van der Waals surface area contributed by atoms with Crippen LogP contribution in [0.25, 0.3) is 0 Å². The van der Waals surface area contributed by atoms with Crippen molar-refractivity contribution < 1.29 is 19.8 Å². The molecular weight excluding hydrogens is 472 g/mol. The summed E-state index contributed by atoms with van der Waals surface area (Å²) < 4.78 is 0. The fourth-order valence-electron chi connectivity index (χ4n) is 5.57. The van der Waals surface area contributed by atoms with Crippen molar-refractivity contribution in [1.82, 2.24) is 0 Å². The minimum Gasteiger partial charge on any atom is -0.481 e. The van der Waals surface area contributed by atoms with Crippen molar-refractivity contribution >= 4 is 11.9 Å². The van der Waals surface area contributed by atoms with Crippen LogP contribution in [0, 0.1) is 23.7 Å². The second kappa shape index (κ2) is 26.2. The zero-order valence-corrected chi connectivity index (χ0v) is 26.0. The van der Waals surface area contributed by atoms with Gasteiger partial charge < -0.3 is 10.2 Å². The smallest absolute Gasteiger partial charge is 0.306 e. The first-order valence-corrected chi connectivity index (χ1v) is 16.7. The summed E-state index contributed by atoms with van der Waals surface area (Å²) in [4.78, 5) is 23.4. The Balaban J connectivity index is 3.81. The van der Waals surface area contributed by atoms with Crippen LogP contribution in [0.5, 0.6) is 0 Å². The van der Waals surface area contributed by atoms with Crippen molar-refractivity contribution in [3.8, 4) is 0 Å². The van der Waals surface area contributed by atoms with Gasteiger partial charge in [0.05, 0.1) is 11.8 Å². The lowest BCUT2D eigenvalue weighted by Gasteiger charge is -2.14. The van der Waals surface area contributed by atoms with E-state index in [1.807, 2.05) is 0 Å². The van der Waals surface area contributed by atoms with Crippen LogP contribution >= 0.6 is 0 Å². The van der Waals surface area contributed by atoms with Gasteiger partial charge in [0, 0.05) is 0 Å². The quantitative estimate of drug-likeness (QED) is 0.0928. The summed E-state index contributed by atoms with van der Waals surface area (Å²) in [6.45, 7) is 9.16. The monoisotopic (exact) mass is 538 g/mol. The van der Waals surface area contributed by atoms with Crippen LogP contribution in [0.1, 0.15) is 182 Å². The van der Waals surface area contributed by atoms with Gasteiger partial charge in [-0.1, -0.05) is 156 Å². The molecular formula is C34H66O4. The van der Waals surface area contributed by atoms with E-state index < -0.39 is 11.9 Å². The number of hydrogen-bond donors (Lipinski definition) is 2. The summed E-state index contributed by atoms with van der Waals surface area (Å²) in [5.41, 5.74) is 0. The van der Waals surface area contributed by atoms with E-state index in [4.69, 9.17) is 0 Å². The van der Waals surface area contributed by atoms with E-state index in [9.17, 15) is 19.8 Å². The Bertz CT molecular complexity index is 495. The SMILES string of the molecule is CC(C)CCCCCCCCCCC(CCCCC(CCCCCCCCCCC(C)C)C(=O)O)C(=O)O. The lowest BCUT2D eigenvalue weighted by Crippen LogP contribution is -2.15. The minimum absolute atomic E-state index is 0.264. The summed E-state index contributed by atoms with van der Waals surface area (Å²) in [5, 5.41) is 19.2. The van der Waals surface area contributed by atoms with Crippen LogP contribution < -0.4 is 0 Å². The highest BCUT2D eigenvalue weighted by Crippen LogP contribution is 2.23. The largest absolute Gasteiger partial charge is 0.481 e. The number of hydrogen-bond acceptors (Lipinski definition) is 2. The first kappa shape index (κ1) is 36.9. The fraction of sp³-hybridized carbons (Fsp3) is 0.941. The predicted octanol–water partition coefficient (Wildman–Crippen LogP) is 11.1. The summed E-state index contributed by atoms with van der Waals surface area (Å²) in [6.07, 6.45) is 27.2. The van der Waals surface area contributed by atoms with Crippen molar-refractivity contribution in [1.29, 1.82) is 0 Å². The molecule has 0 aromatic heterocycles. The summed E-state index contributed by atoms with van der Waals surface area (Å²) in [6, 6.07) is 0. The molecule has 0 heterocycles.